The van der Waals surface area contributed by atoms with Crippen molar-refractivity contribution in [2.45, 2.75) is 44.4 Å². The second-order valence-corrected chi connectivity index (χ2v) is 8.37. The third-order valence-corrected chi connectivity index (χ3v) is 5.60. The Balaban J connectivity index is 2.11. The molecule has 0 spiro atoms. The number of ether oxygens (including phenoxy) is 1. The lowest BCUT2D eigenvalue weighted by Crippen LogP contribution is -2.59. The van der Waals surface area contributed by atoms with E-state index in [1.807, 2.05) is 0 Å². The van der Waals surface area contributed by atoms with Crippen LogP contribution in [0, 0.1) is 0 Å². The topological polar surface area (TPSA) is 38.5 Å². The molecule has 1 aromatic rings. The van der Waals surface area contributed by atoms with Gasteiger partial charge in [-0.05, 0) is 66.7 Å². The number of halogens is 1. The van der Waals surface area contributed by atoms with Gasteiger partial charge in [0.15, 0.2) is 0 Å². The molecule has 0 bridgehead atoms. The first-order chi connectivity index (χ1) is 8.87. The highest BCUT2D eigenvalue weighted by Gasteiger charge is 2.42. The maximum Gasteiger partial charge on any atom is 0.0701 e. The normalized spacial score (nSPS) is 26.8. The van der Waals surface area contributed by atoms with Crippen molar-refractivity contribution >= 4 is 27.3 Å². The Labute approximate surface area is 128 Å². The average molecular weight is 347 g/mol. The maximum atomic E-state index is 6.12. The van der Waals surface area contributed by atoms with Crippen molar-refractivity contribution in [3.8, 4) is 0 Å². The van der Waals surface area contributed by atoms with Gasteiger partial charge in [-0.15, -0.1) is 11.3 Å². The van der Waals surface area contributed by atoms with E-state index in [4.69, 9.17) is 10.5 Å². The third kappa shape index (κ3) is 3.58. The van der Waals surface area contributed by atoms with Crippen LogP contribution in [0.25, 0.3) is 0 Å². The molecule has 1 fully saturated rings. The molecular weight excluding hydrogens is 324 g/mol. The predicted octanol–water partition coefficient (Wildman–Crippen LogP) is 3.23. The summed E-state index contributed by atoms with van der Waals surface area (Å²) in [6, 6.07) is 2.19. The molecule has 1 aromatic heterocycles. The summed E-state index contributed by atoms with van der Waals surface area (Å²) in [4.78, 5) is 2.41. The van der Waals surface area contributed by atoms with Gasteiger partial charge in [-0.3, -0.25) is 4.90 Å². The van der Waals surface area contributed by atoms with Crippen LogP contribution in [0.5, 0.6) is 0 Å². The van der Waals surface area contributed by atoms with Gasteiger partial charge in [0.25, 0.3) is 0 Å². The zero-order valence-electron chi connectivity index (χ0n) is 11.9. The predicted molar refractivity (Wildman–Crippen MR) is 84.5 cm³/mol. The van der Waals surface area contributed by atoms with Crippen molar-refractivity contribution in [2.75, 3.05) is 20.2 Å². The molecule has 0 aliphatic carbocycles. The van der Waals surface area contributed by atoms with E-state index >= 15 is 0 Å². The van der Waals surface area contributed by atoms with Gasteiger partial charge in [-0.25, -0.2) is 0 Å². The van der Waals surface area contributed by atoms with Crippen molar-refractivity contribution in [2.24, 2.45) is 5.73 Å². The maximum absolute atomic E-state index is 6.12. The zero-order valence-corrected chi connectivity index (χ0v) is 14.3. The van der Waals surface area contributed by atoms with E-state index in [-0.39, 0.29) is 11.1 Å². The molecule has 19 heavy (non-hydrogen) atoms. The highest BCUT2D eigenvalue weighted by atomic mass is 79.9. The Morgan fingerprint density at radius 2 is 2.26 bits per heavy atom. The van der Waals surface area contributed by atoms with Crippen LogP contribution < -0.4 is 5.73 Å². The first kappa shape index (κ1) is 15.4. The molecule has 1 saturated heterocycles. The number of likely N-dealkylation sites (N-methyl/N-ethyl adjacent to an activating group) is 1. The molecule has 1 aliphatic heterocycles. The number of nitrogens with two attached hydrogens (primary N) is 1. The van der Waals surface area contributed by atoms with Crippen molar-refractivity contribution in [1.29, 1.82) is 0 Å². The van der Waals surface area contributed by atoms with Gasteiger partial charge in [0.05, 0.1) is 9.39 Å². The molecule has 1 atom stereocenters. The summed E-state index contributed by atoms with van der Waals surface area (Å²) in [7, 11) is 2.18. The molecule has 1 aliphatic rings. The lowest BCUT2D eigenvalue weighted by molar-refractivity contribution is -0.115. The van der Waals surface area contributed by atoms with Gasteiger partial charge < -0.3 is 10.5 Å². The van der Waals surface area contributed by atoms with E-state index < -0.39 is 0 Å². The second kappa shape index (κ2) is 5.82. The summed E-state index contributed by atoms with van der Waals surface area (Å²) < 4.78 is 7.02. The van der Waals surface area contributed by atoms with Crippen LogP contribution in [-0.4, -0.2) is 36.2 Å². The van der Waals surface area contributed by atoms with Crippen molar-refractivity contribution in [3.05, 3.63) is 20.8 Å². The SMILES string of the molecule is CN(Cc1csc(Br)c1)C1(CN)CCOC(C)(C)C1. The number of hydrogen-bond donors (Lipinski definition) is 1. The van der Waals surface area contributed by atoms with Crippen molar-refractivity contribution in [3.63, 3.8) is 0 Å². The molecule has 0 aromatic carbocycles. The lowest BCUT2D eigenvalue weighted by atomic mass is 9.80. The summed E-state index contributed by atoms with van der Waals surface area (Å²) in [5.74, 6) is 0. The Bertz CT molecular complexity index is 435. The summed E-state index contributed by atoms with van der Waals surface area (Å²) in [5, 5.41) is 2.20. The van der Waals surface area contributed by atoms with Crippen molar-refractivity contribution in [1.82, 2.24) is 4.90 Å². The van der Waals surface area contributed by atoms with E-state index in [9.17, 15) is 0 Å². The first-order valence-electron chi connectivity index (χ1n) is 6.65. The molecule has 108 valence electrons. The molecule has 2 N–H and O–H groups in total. The molecule has 0 saturated carbocycles. The quantitative estimate of drug-likeness (QED) is 0.909. The Morgan fingerprint density at radius 3 is 2.79 bits per heavy atom. The van der Waals surface area contributed by atoms with Crippen LogP contribution in [0.4, 0.5) is 0 Å². The van der Waals surface area contributed by atoms with Crippen LogP contribution in [0.15, 0.2) is 15.2 Å². The second-order valence-electron chi connectivity index (χ2n) is 6.08. The molecule has 0 radical (unpaired) electrons. The van der Waals surface area contributed by atoms with E-state index in [1.165, 1.54) is 9.35 Å². The van der Waals surface area contributed by atoms with Gasteiger partial charge in [0.1, 0.15) is 0 Å². The minimum atomic E-state index is -0.0822. The van der Waals surface area contributed by atoms with Gasteiger partial charge in [0, 0.05) is 25.2 Å². The van der Waals surface area contributed by atoms with Gasteiger partial charge >= 0.3 is 0 Å². The van der Waals surface area contributed by atoms with Gasteiger partial charge in [-0.2, -0.15) is 0 Å². The fourth-order valence-corrected chi connectivity index (χ4v) is 4.18. The lowest BCUT2D eigenvalue weighted by Gasteiger charge is -2.49. The highest BCUT2D eigenvalue weighted by molar-refractivity contribution is 9.11. The fraction of sp³-hybridized carbons (Fsp3) is 0.714. The summed E-state index contributed by atoms with van der Waals surface area (Å²) in [5.41, 5.74) is 7.43. The molecule has 0 amide bonds. The monoisotopic (exact) mass is 346 g/mol. The van der Waals surface area contributed by atoms with Crippen LogP contribution in [0.1, 0.15) is 32.3 Å². The Kier molecular flexibility index (Phi) is 4.73. The summed E-state index contributed by atoms with van der Waals surface area (Å²) in [6.45, 7) is 6.73. The van der Waals surface area contributed by atoms with Crippen LogP contribution in [-0.2, 0) is 11.3 Å². The van der Waals surface area contributed by atoms with Crippen LogP contribution in [0.2, 0.25) is 0 Å². The van der Waals surface area contributed by atoms with Crippen molar-refractivity contribution < 1.29 is 4.74 Å². The van der Waals surface area contributed by atoms with E-state index in [1.54, 1.807) is 11.3 Å². The smallest absolute Gasteiger partial charge is 0.0701 e. The summed E-state index contributed by atoms with van der Waals surface area (Å²) >= 11 is 5.26. The molecule has 2 heterocycles. The molecule has 5 heteroatoms. The van der Waals surface area contributed by atoms with E-state index in [2.05, 4.69) is 53.2 Å². The Morgan fingerprint density at radius 1 is 1.53 bits per heavy atom. The number of rotatable bonds is 4. The highest BCUT2D eigenvalue weighted by Crippen LogP contribution is 2.36. The standard InChI is InChI=1S/C14H23BrN2OS/c1-13(2)9-14(10-16,4-5-18-13)17(3)7-11-6-12(15)19-8-11/h6,8H,4-5,7,9-10,16H2,1-3H3. The van der Waals surface area contributed by atoms with Gasteiger partial charge in [0.2, 0.25) is 0 Å². The van der Waals surface area contributed by atoms with E-state index in [0.717, 1.165) is 26.0 Å². The largest absolute Gasteiger partial charge is 0.375 e. The van der Waals surface area contributed by atoms with E-state index in [0.29, 0.717) is 6.54 Å². The molecule has 2 rings (SSSR count). The number of nitrogens with zero attached hydrogens (tertiary/aromatic N) is 1. The van der Waals surface area contributed by atoms with Crippen LogP contribution in [0.3, 0.4) is 0 Å². The van der Waals surface area contributed by atoms with Crippen LogP contribution >= 0.6 is 27.3 Å². The molecule has 3 nitrogen and oxygen atoms in total. The third-order valence-electron chi connectivity index (χ3n) is 4.05. The number of thiophene rings is 1. The Hall–Kier alpha value is 0.0600. The zero-order chi connectivity index (χ0) is 14.1. The minimum absolute atomic E-state index is 0.0517. The average Bonchev–Trinajstić information content (AvgIpc) is 2.73. The minimum Gasteiger partial charge on any atom is -0.375 e. The fourth-order valence-electron chi connectivity index (χ4n) is 2.98. The first-order valence-corrected chi connectivity index (χ1v) is 8.32. The van der Waals surface area contributed by atoms with Gasteiger partial charge in [-0.1, -0.05) is 0 Å². The summed E-state index contributed by atoms with van der Waals surface area (Å²) in [6.07, 6.45) is 1.99. The molecule has 1 unspecified atom stereocenters. The number of hydrogen-bond acceptors (Lipinski definition) is 4. The molecular formula is C14H23BrN2OS.